The maximum atomic E-state index is 5.75. The molecule has 0 aliphatic heterocycles. The molecule has 17 heavy (non-hydrogen) atoms. The van der Waals surface area contributed by atoms with Crippen LogP contribution >= 0.6 is 0 Å². The lowest BCUT2D eigenvalue weighted by molar-refractivity contribution is 0.0296. The van der Waals surface area contributed by atoms with Gasteiger partial charge < -0.3 is 18.0 Å². The molecule has 0 aromatic carbocycles. The molecule has 0 unspecified atom stereocenters. The maximum absolute atomic E-state index is 5.75. The molecule has 0 saturated carbocycles. The van der Waals surface area contributed by atoms with Gasteiger partial charge in [-0.1, -0.05) is 0 Å². The molecule has 0 rings (SSSR count). The third-order valence-electron chi connectivity index (χ3n) is 3.24. The standard InChI is InChI=1S/C11H28O4Si2/c1-11(2,12-3)9-17(14-5,15-6)10-16(7,8)13-4/h9-10H2,1-8H3. The molecule has 0 N–H and O–H groups in total. The Morgan fingerprint density at radius 2 is 1.35 bits per heavy atom. The minimum absolute atomic E-state index is 0.226. The van der Waals surface area contributed by atoms with Gasteiger partial charge in [-0.15, -0.1) is 0 Å². The van der Waals surface area contributed by atoms with Crippen LogP contribution in [-0.2, 0) is 18.0 Å². The third-order valence-corrected chi connectivity index (χ3v) is 12.8. The van der Waals surface area contributed by atoms with E-state index in [0.717, 1.165) is 11.7 Å². The highest BCUT2D eigenvalue weighted by Gasteiger charge is 2.46. The molecule has 104 valence electrons. The van der Waals surface area contributed by atoms with Gasteiger partial charge in [0.1, 0.15) is 0 Å². The van der Waals surface area contributed by atoms with Gasteiger partial charge in [-0.25, -0.2) is 0 Å². The van der Waals surface area contributed by atoms with Gasteiger partial charge in [0.25, 0.3) is 0 Å². The highest BCUT2D eigenvalue weighted by molar-refractivity contribution is 6.88. The first-order valence-electron chi connectivity index (χ1n) is 5.86. The summed E-state index contributed by atoms with van der Waals surface area (Å²) in [4.78, 5) is 0. The molecule has 0 radical (unpaired) electrons. The van der Waals surface area contributed by atoms with Crippen LogP contribution in [0.1, 0.15) is 13.8 Å². The summed E-state index contributed by atoms with van der Waals surface area (Å²) in [5.41, 5.74) is 0.687. The summed E-state index contributed by atoms with van der Waals surface area (Å²) >= 11 is 0. The van der Waals surface area contributed by atoms with E-state index in [-0.39, 0.29) is 5.60 Å². The van der Waals surface area contributed by atoms with Crippen molar-refractivity contribution in [3.8, 4) is 0 Å². The van der Waals surface area contributed by atoms with E-state index in [1.54, 1.807) is 28.4 Å². The van der Waals surface area contributed by atoms with Crippen molar-refractivity contribution in [2.24, 2.45) is 0 Å². The molecule has 4 nitrogen and oxygen atoms in total. The zero-order valence-electron chi connectivity index (χ0n) is 12.5. The van der Waals surface area contributed by atoms with Crippen molar-refractivity contribution in [1.29, 1.82) is 0 Å². The molecular weight excluding hydrogens is 252 g/mol. The van der Waals surface area contributed by atoms with Crippen LogP contribution in [0.25, 0.3) is 0 Å². The normalized spacial score (nSPS) is 14.1. The molecule has 0 fully saturated rings. The highest BCUT2D eigenvalue weighted by Crippen LogP contribution is 2.31. The number of methoxy groups -OCH3 is 1. The first-order valence-corrected chi connectivity index (χ1v) is 11.2. The lowest BCUT2D eigenvalue weighted by Crippen LogP contribution is -2.52. The predicted molar refractivity (Wildman–Crippen MR) is 75.0 cm³/mol. The maximum Gasteiger partial charge on any atom is 0.340 e. The van der Waals surface area contributed by atoms with Gasteiger partial charge in [-0.3, -0.25) is 0 Å². The molecule has 0 aromatic rings. The SMILES string of the molecule is COC(C)(C)C[Si](C[Si](C)(C)OC)(OC)OC. The quantitative estimate of drug-likeness (QED) is 0.640. The number of rotatable bonds is 8. The number of ether oxygens (including phenoxy) is 1. The molecule has 0 saturated heterocycles. The van der Waals surface area contributed by atoms with Crippen LogP contribution in [-0.4, -0.2) is 50.9 Å². The molecular formula is C11H28O4Si2. The van der Waals surface area contributed by atoms with Crippen molar-refractivity contribution in [3.63, 3.8) is 0 Å². The van der Waals surface area contributed by atoms with Gasteiger partial charge >= 0.3 is 8.56 Å². The summed E-state index contributed by atoms with van der Waals surface area (Å²) in [6, 6.07) is 0.809. The molecule has 0 aliphatic carbocycles. The zero-order chi connectivity index (χ0) is 13.7. The van der Waals surface area contributed by atoms with E-state index < -0.39 is 16.9 Å². The van der Waals surface area contributed by atoms with E-state index in [9.17, 15) is 0 Å². The average molecular weight is 281 g/mol. The molecule has 0 spiro atoms. The predicted octanol–water partition coefficient (Wildman–Crippen LogP) is 2.54. The topological polar surface area (TPSA) is 36.9 Å². The average Bonchev–Trinajstić information content (AvgIpc) is 2.27. The Kier molecular flexibility index (Phi) is 6.55. The van der Waals surface area contributed by atoms with Crippen LogP contribution in [0.2, 0.25) is 24.8 Å². The summed E-state index contributed by atoms with van der Waals surface area (Å²) < 4.78 is 22.6. The van der Waals surface area contributed by atoms with E-state index in [2.05, 4.69) is 26.9 Å². The Morgan fingerprint density at radius 3 is 1.65 bits per heavy atom. The van der Waals surface area contributed by atoms with Gasteiger partial charge in [-0.05, 0) is 26.9 Å². The van der Waals surface area contributed by atoms with Gasteiger partial charge in [0, 0.05) is 40.2 Å². The Balaban J connectivity index is 4.91. The zero-order valence-corrected chi connectivity index (χ0v) is 14.5. The summed E-state index contributed by atoms with van der Waals surface area (Å²) in [5.74, 6) is 0. The fourth-order valence-electron chi connectivity index (χ4n) is 1.88. The van der Waals surface area contributed by atoms with E-state index in [1.165, 1.54) is 0 Å². The number of hydrogen-bond acceptors (Lipinski definition) is 4. The lowest BCUT2D eigenvalue weighted by Gasteiger charge is -2.37. The second-order valence-electron chi connectivity index (χ2n) is 5.60. The van der Waals surface area contributed by atoms with Crippen LogP contribution in [0, 0.1) is 0 Å². The fourth-order valence-corrected chi connectivity index (χ4v) is 11.2. The van der Waals surface area contributed by atoms with E-state index in [1.807, 2.05) is 0 Å². The van der Waals surface area contributed by atoms with Crippen molar-refractivity contribution in [1.82, 2.24) is 0 Å². The largest absolute Gasteiger partial charge is 0.421 e. The smallest absolute Gasteiger partial charge is 0.340 e. The van der Waals surface area contributed by atoms with Crippen LogP contribution in [0.15, 0.2) is 0 Å². The van der Waals surface area contributed by atoms with Gasteiger partial charge in [0.05, 0.1) is 5.60 Å². The molecule has 0 aliphatic rings. The lowest BCUT2D eigenvalue weighted by atomic mass is 10.2. The van der Waals surface area contributed by atoms with Crippen molar-refractivity contribution in [2.45, 2.75) is 44.3 Å². The van der Waals surface area contributed by atoms with E-state index in [4.69, 9.17) is 18.0 Å². The third kappa shape index (κ3) is 5.63. The Bertz CT molecular complexity index is 208. The fraction of sp³-hybridized carbons (Fsp3) is 1.00. The summed E-state index contributed by atoms with van der Waals surface area (Å²) in [7, 11) is 3.02. The van der Waals surface area contributed by atoms with E-state index >= 15 is 0 Å². The molecule has 0 bridgehead atoms. The first kappa shape index (κ1) is 17.3. The second-order valence-corrected chi connectivity index (χ2v) is 13.9. The van der Waals surface area contributed by atoms with Crippen LogP contribution < -0.4 is 0 Å². The van der Waals surface area contributed by atoms with Crippen LogP contribution in [0.3, 0.4) is 0 Å². The minimum Gasteiger partial charge on any atom is -0.421 e. The molecule has 0 amide bonds. The number of hydrogen-bond donors (Lipinski definition) is 0. The van der Waals surface area contributed by atoms with Gasteiger partial charge in [0.15, 0.2) is 8.32 Å². The van der Waals surface area contributed by atoms with Crippen molar-refractivity contribution >= 4 is 16.9 Å². The minimum atomic E-state index is -2.24. The van der Waals surface area contributed by atoms with Crippen molar-refractivity contribution in [3.05, 3.63) is 0 Å². The second kappa shape index (κ2) is 6.44. The van der Waals surface area contributed by atoms with Gasteiger partial charge in [-0.2, -0.15) is 0 Å². The molecule has 0 heterocycles. The van der Waals surface area contributed by atoms with Crippen LogP contribution in [0.4, 0.5) is 0 Å². The van der Waals surface area contributed by atoms with E-state index in [0.29, 0.717) is 0 Å². The Labute approximate surface area is 108 Å². The van der Waals surface area contributed by atoms with Crippen molar-refractivity contribution in [2.75, 3.05) is 28.4 Å². The Hall–Kier alpha value is 0.274. The summed E-state index contributed by atoms with van der Waals surface area (Å²) in [5, 5.41) is 0. The summed E-state index contributed by atoms with van der Waals surface area (Å²) in [6.45, 7) is 8.50. The van der Waals surface area contributed by atoms with Crippen molar-refractivity contribution < 1.29 is 18.0 Å². The van der Waals surface area contributed by atoms with Crippen LogP contribution in [0.5, 0.6) is 0 Å². The molecule has 6 heteroatoms. The summed E-state index contributed by atoms with van der Waals surface area (Å²) in [6.07, 6.45) is 0. The first-order chi connectivity index (χ1) is 7.66. The monoisotopic (exact) mass is 280 g/mol. The Morgan fingerprint density at radius 1 is 0.882 bits per heavy atom. The highest BCUT2D eigenvalue weighted by atomic mass is 28.4. The van der Waals surface area contributed by atoms with Gasteiger partial charge in [0.2, 0.25) is 0 Å². The molecule has 0 atom stereocenters. The molecule has 0 aromatic heterocycles.